The number of fused-ring (bicyclic) bond motifs is 40. The summed E-state index contributed by atoms with van der Waals surface area (Å²) in [5, 5.41) is 7.15. The van der Waals surface area contributed by atoms with Crippen LogP contribution in [-0.2, 0) is 34.1 Å². The van der Waals surface area contributed by atoms with E-state index in [2.05, 4.69) is 0 Å². The van der Waals surface area contributed by atoms with Gasteiger partial charge in [-0.3, -0.25) is 0 Å². The van der Waals surface area contributed by atoms with Gasteiger partial charge in [-0.2, -0.15) is 0 Å². The van der Waals surface area contributed by atoms with Gasteiger partial charge in [-0.05, 0) is 43.1 Å². The maximum Gasteiger partial charge on any atom is 2.00 e. The third kappa shape index (κ3) is 8.17. The Kier molecular flexibility index (Phi) is 12.2. The van der Waals surface area contributed by atoms with Crippen LogP contribution in [0.3, 0.4) is 0 Å². The van der Waals surface area contributed by atoms with E-state index in [1.807, 2.05) is 194 Å². The topological polar surface area (TPSA) is 243 Å². The molecule has 83 heavy (non-hydrogen) atoms. The first-order valence-corrected chi connectivity index (χ1v) is 25.8. The fourth-order valence-corrected chi connectivity index (χ4v) is 10.9. The second kappa shape index (κ2) is 19.9. The van der Waals surface area contributed by atoms with Gasteiger partial charge in [0.2, 0.25) is 0 Å². The zero-order valence-electron chi connectivity index (χ0n) is 42.8. The maximum absolute atomic E-state index is 4.95. The van der Waals surface area contributed by atoms with E-state index in [0.29, 0.717) is 91.8 Å². The third-order valence-electron chi connectivity index (χ3n) is 14.7. The summed E-state index contributed by atoms with van der Waals surface area (Å²) in [6.07, 6.45) is 0. The smallest absolute Gasteiger partial charge is 0.412 e. The van der Waals surface area contributed by atoms with Crippen LogP contribution in [0.2, 0.25) is 0 Å². The van der Waals surface area contributed by atoms with Crippen LogP contribution in [0, 0.1) is 0 Å². The van der Waals surface area contributed by atoms with Crippen LogP contribution >= 0.6 is 0 Å². The van der Waals surface area contributed by atoms with Gasteiger partial charge in [-0.1, -0.05) is 194 Å². The summed E-state index contributed by atoms with van der Waals surface area (Å²) in [4.78, 5) is 78.5. The number of nitrogens with zero attached hydrogens (tertiary/aromatic N) is 16. The second-order valence-corrected chi connectivity index (χ2v) is 19.3. The van der Waals surface area contributed by atoms with Gasteiger partial charge in [0.1, 0.15) is 0 Å². The Morgan fingerprint density at radius 2 is 0.289 bits per heavy atom. The Morgan fingerprint density at radius 1 is 0.169 bits per heavy atom. The van der Waals surface area contributed by atoms with Gasteiger partial charge >= 0.3 is 34.1 Å². The molecule has 0 aliphatic carbocycles. The molecule has 4 aliphatic rings. The molecule has 2 N–H and O–H groups in total. The van der Waals surface area contributed by atoms with E-state index in [9.17, 15) is 0 Å². The number of hydrogen-bond acceptors (Lipinski definition) is 12. The molecule has 392 valence electrons. The van der Waals surface area contributed by atoms with Crippen molar-refractivity contribution >= 4 is 88.3 Å². The van der Waals surface area contributed by atoms with Crippen molar-refractivity contribution in [2.24, 2.45) is 0 Å². The summed E-state index contributed by atoms with van der Waals surface area (Å²) >= 11 is 0. The summed E-state index contributed by atoms with van der Waals surface area (Å²) in [5.41, 5.74) is 11.6. The van der Waals surface area contributed by atoms with Gasteiger partial charge in [0.05, 0.1) is 46.6 Å². The zero-order chi connectivity index (χ0) is 52.4. The minimum Gasteiger partial charge on any atom is -0.412 e. The number of aromatic nitrogens is 16. The standard InChI is InChI=1S/2C32H16N8.2Fe.H2O/c2*1-2-10-18-17(9-1)25-33-26(18)38-28-21-13-5-6-14-22(21)30(35-28)40-32-24-16-8-7-15-23(24)31(36-32)39-29-20-12-4-3-11-19(20)27(34-29)37-25;;;/h2*1-16H;;;1H2/q2*-2;2*+2;. The monoisotopic (exact) mass is 1150 g/mol. The second-order valence-electron chi connectivity index (χ2n) is 19.3. The Morgan fingerprint density at radius 3 is 0.422 bits per heavy atom. The molecular formula is C64H34Fe2N16O. The molecule has 0 fully saturated rings. The summed E-state index contributed by atoms with van der Waals surface area (Å²) in [6, 6.07) is 63.7. The molecule has 0 amide bonds. The average Bonchev–Trinajstić information content (AvgIpc) is 3.78. The molecular weight excluding hydrogens is 1120 g/mol. The summed E-state index contributed by atoms with van der Waals surface area (Å²) in [6.45, 7) is 0. The molecule has 0 radical (unpaired) electrons. The van der Waals surface area contributed by atoms with E-state index in [-0.39, 0.29) is 39.6 Å². The predicted molar refractivity (Wildman–Crippen MR) is 312 cm³/mol. The molecule has 0 saturated carbocycles. The van der Waals surface area contributed by atoms with Crippen LogP contribution in [0.25, 0.3) is 179 Å². The predicted octanol–water partition coefficient (Wildman–Crippen LogP) is 11.4. The Hall–Kier alpha value is -10.5. The molecule has 6 aromatic heterocycles. The van der Waals surface area contributed by atoms with Crippen molar-refractivity contribution in [3.05, 3.63) is 194 Å². The molecule has 18 rings (SSSR count). The Labute approximate surface area is 489 Å². The van der Waals surface area contributed by atoms with Crippen LogP contribution < -0.4 is 19.9 Å². The van der Waals surface area contributed by atoms with Gasteiger partial charge in [0.25, 0.3) is 0 Å². The zero-order valence-corrected chi connectivity index (χ0v) is 45.0. The van der Waals surface area contributed by atoms with Crippen molar-refractivity contribution in [1.29, 1.82) is 0 Å². The summed E-state index contributed by atoms with van der Waals surface area (Å²) in [7, 11) is 0. The van der Waals surface area contributed by atoms with Crippen molar-refractivity contribution in [2.75, 3.05) is 0 Å². The molecule has 19 heteroatoms. The first kappa shape index (κ1) is 50.7. The largest absolute Gasteiger partial charge is 2.00 e. The van der Waals surface area contributed by atoms with Gasteiger partial charge in [0, 0.05) is 89.7 Å². The minimum absolute atomic E-state index is 0. The quantitative estimate of drug-likeness (QED) is 0.128. The van der Waals surface area contributed by atoms with Crippen LogP contribution in [0.4, 0.5) is 0 Å². The van der Waals surface area contributed by atoms with Gasteiger partial charge in [-0.25, -0.2) is 19.9 Å². The number of benzene rings is 8. The summed E-state index contributed by atoms with van der Waals surface area (Å²) < 4.78 is 0. The van der Waals surface area contributed by atoms with E-state index >= 15 is 0 Å². The van der Waals surface area contributed by atoms with Crippen molar-refractivity contribution in [3.63, 3.8) is 0 Å². The van der Waals surface area contributed by atoms with E-state index in [4.69, 9.17) is 79.7 Å². The molecule has 0 unspecified atom stereocenters. The first-order valence-electron chi connectivity index (χ1n) is 25.8. The van der Waals surface area contributed by atoms with E-state index in [1.165, 1.54) is 0 Å². The molecule has 4 aliphatic heterocycles. The fourth-order valence-electron chi connectivity index (χ4n) is 10.9. The van der Waals surface area contributed by atoms with Crippen molar-refractivity contribution < 1.29 is 39.6 Å². The number of hydrogen-bond donors (Lipinski definition) is 0. The van der Waals surface area contributed by atoms with Crippen molar-refractivity contribution in [3.8, 4) is 91.1 Å². The van der Waals surface area contributed by atoms with Crippen LogP contribution in [0.5, 0.6) is 0 Å². The fraction of sp³-hybridized carbons (Fsp3) is 0. The van der Waals surface area contributed by atoms with Crippen molar-refractivity contribution in [1.82, 2.24) is 79.7 Å². The van der Waals surface area contributed by atoms with Crippen LogP contribution in [0.15, 0.2) is 194 Å². The van der Waals surface area contributed by atoms with Crippen molar-refractivity contribution in [2.45, 2.75) is 0 Å². The van der Waals surface area contributed by atoms with Crippen LogP contribution in [0.1, 0.15) is 0 Å². The van der Waals surface area contributed by atoms with E-state index in [1.54, 1.807) is 0 Å². The van der Waals surface area contributed by atoms with Gasteiger partial charge in [-0.15, -0.1) is 0 Å². The first-order chi connectivity index (χ1) is 39.6. The van der Waals surface area contributed by atoms with Gasteiger partial charge < -0.3 is 65.3 Å². The molecule has 14 aromatic rings. The average molecular weight is 1150 g/mol. The normalized spacial score (nSPS) is 11.6. The Balaban J connectivity index is 0.000000143. The molecule has 0 saturated heterocycles. The summed E-state index contributed by atoms with van der Waals surface area (Å²) in [5.74, 6) is 4.42. The third-order valence-corrected chi connectivity index (χ3v) is 14.7. The molecule has 8 aromatic carbocycles. The van der Waals surface area contributed by atoms with Gasteiger partial charge in [0.15, 0.2) is 0 Å². The molecule has 10 heterocycles. The molecule has 0 atom stereocenters. The molecule has 16 bridgehead atoms. The molecule has 17 nitrogen and oxygen atoms in total. The minimum atomic E-state index is 0. The molecule has 0 spiro atoms. The Bertz CT molecular complexity index is 4410. The SMILES string of the molecule is O.[Fe+2].[Fe+2].c1ccc2c(c1)-c1nc-2nc2[n-]c(nc3nc(nc4[n-]c(n1)c1ccccc41)-c1ccccc1-3)c1ccccc21.c1ccc2c(c1)-c1nc-2nc2[n-]c(nc3nc(nc4[n-]c(n1)c1ccccc41)-c1ccccc1-3)c1ccccc21. The van der Waals surface area contributed by atoms with E-state index < -0.39 is 0 Å². The number of rotatable bonds is 0. The maximum atomic E-state index is 4.95. The van der Waals surface area contributed by atoms with E-state index in [0.717, 1.165) is 87.6 Å². The van der Waals surface area contributed by atoms with Crippen LogP contribution in [-0.4, -0.2) is 65.3 Å².